The third-order valence-electron chi connectivity index (χ3n) is 6.95. The van der Waals surface area contributed by atoms with E-state index < -0.39 is 71.6 Å². The number of alkyl halides is 9. The zero-order valence-corrected chi connectivity index (χ0v) is 23.5. The monoisotopic (exact) mass is 628 g/mol. The van der Waals surface area contributed by atoms with Gasteiger partial charge in [0, 0.05) is 12.6 Å². The largest absolute Gasteiger partial charge is 0.453 e. The highest BCUT2D eigenvalue weighted by Crippen LogP contribution is 2.46. The Bertz CT molecular complexity index is 1290. The highest BCUT2D eigenvalue weighted by atomic mass is 19.4. The van der Waals surface area contributed by atoms with Crippen LogP contribution in [0.1, 0.15) is 67.5 Å². The van der Waals surface area contributed by atoms with E-state index in [2.05, 4.69) is 0 Å². The van der Waals surface area contributed by atoms with Gasteiger partial charge in [-0.05, 0) is 66.3 Å². The molecular weight excluding hydrogens is 599 g/mol. The summed E-state index contributed by atoms with van der Waals surface area (Å²) in [5, 5.41) is 0. The highest BCUT2D eigenvalue weighted by molar-refractivity contribution is 5.90. The number of anilines is 1. The van der Waals surface area contributed by atoms with Crippen LogP contribution in [0.2, 0.25) is 0 Å². The van der Waals surface area contributed by atoms with Crippen molar-refractivity contribution in [2.75, 3.05) is 18.6 Å². The molecule has 0 saturated carbocycles. The number of nitrogens with zero attached hydrogens (tertiary/aromatic N) is 2. The molecule has 0 saturated heterocycles. The van der Waals surface area contributed by atoms with Crippen LogP contribution in [0.15, 0.2) is 36.4 Å². The number of benzene rings is 2. The average Bonchev–Trinajstić information content (AvgIpc) is 2.91. The summed E-state index contributed by atoms with van der Waals surface area (Å²) < 4.78 is 133. The quantitative estimate of drug-likeness (QED) is 0.300. The third-order valence-corrected chi connectivity index (χ3v) is 6.95. The number of hydrogen-bond donors (Lipinski definition) is 0. The Balaban J connectivity index is 2.25. The van der Waals surface area contributed by atoms with E-state index in [9.17, 15) is 49.1 Å². The van der Waals surface area contributed by atoms with Gasteiger partial charge in [0.05, 0.1) is 42.1 Å². The van der Waals surface area contributed by atoms with E-state index in [1.165, 1.54) is 0 Å². The number of ether oxygens (including phenoxy) is 2. The van der Waals surface area contributed by atoms with E-state index in [0.29, 0.717) is 24.6 Å². The molecule has 1 aliphatic heterocycles. The summed E-state index contributed by atoms with van der Waals surface area (Å²) in [5.41, 5.74) is -5.27. The fourth-order valence-electron chi connectivity index (χ4n) is 4.94. The maximum Gasteiger partial charge on any atom is 0.416 e. The van der Waals surface area contributed by atoms with Gasteiger partial charge in [-0.2, -0.15) is 39.5 Å². The molecule has 0 aromatic heterocycles. The Morgan fingerprint density at radius 3 is 1.93 bits per heavy atom. The van der Waals surface area contributed by atoms with Gasteiger partial charge in [-0.25, -0.2) is 9.59 Å². The standard InChI is InChI=1S/C28H29F9N2O4/c1-5-8-43-25(41)39-21-7-6-17(26(29,30)31)12-20(21)23(13-22(39)15(2)3)38(24(40)42-4)14-16-9-18(27(32,33)34)11-19(10-16)28(35,36)37/h6-7,9-12,15,22-23H,5,8,13-14H2,1-4H3/t22-,23-/m1/s1. The molecule has 0 bridgehead atoms. The van der Waals surface area contributed by atoms with E-state index in [4.69, 9.17) is 9.47 Å². The van der Waals surface area contributed by atoms with Gasteiger partial charge in [-0.1, -0.05) is 20.8 Å². The minimum absolute atomic E-state index is 0.00488. The zero-order chi connectivity index (χ0) is 32.5. The van der Waals surface area contributed by atoms with Crippen molar-refractivity contribution in [3.63, 3.8) is 0 Å². The lowest BCUT2D eigenvalue weighted by Crippen LogP contribution is -2.51. The second-order valence-electron chi connectivity index (χ2n) is 10.3. The fourth-order valence-corrected chi connectivity index (χ4v) is 4.94. The number of carbonyl (C=O) groups is 2. The maximum atomic E-state index is 13.8. The van der Waals surface area contributed by atoms with Crippen molar-refractivity contribution in [2.45, 2.75) is 70.8 Å². The Morgan fingerprint density at radius 1 is 0.907 bits per heavy atom. The minimum atomic E-state index is -5.17. The molecule has 2 atom stereocenters. The first-order valence-corrected chi connectivity index (χ1v) is 13.1. The van der Waals surface area contributed by atoms with E-state index >= 15 is 0 Å². The van der Waals surface area contributed by atoms with Crippen molar-refractivity contribution in [3.05, 3.63) is 64.2 Å². The molecule has 1 heterocycles. The lowest BCUT2D eigenvalue weighted by molar-refractivity contribution is -0.143. The number of methoxy groups -OCH3 is 1. The van der Waals surface area contributed by atoms with Crippen LogP contribution in [0.3, 0.4) is 0 Å². The van der Waals surface area contributed by atoms with Crippen molar-refractivity contribution in [2.24, 2.45) is 5.92 Å². The van der Waals surface area contributed by atoms with Crippen LogP contribution < -0.4 is 4.90 Å². The number of carbonyl (C=O) groups excluding carboxylic acids is 2. The summed E-state index contributed by atoms with van der Waals surface area (Å²) in [6.07, 6.45) is -17.1. The summed E-state index contributed by atoms with van der Waals surface area (Å²) in [4.78, 5) is 28.1. The van der Waals surface area contributed by atoms with Crippen LogP contribution in [0.25, 0.3) is 0 Å². The van der Waals surface area contributed by atoms with Crippen LogP contribution in [0.5, 0.6) is 0 Å². The number of halogens is 9. The normalized spacial score (nSPS) is 17.5. The first kappa shape index (κ1) is 33.8. The Kier molecular flexibility index (Phi) is 9.86. The molecule has 2 aromatic carbocycles. The SMILES string of the molecule is CCCOC(=O)N1c2ccc(C(F)(F)F)cc2[C@H](N(Cc2cc(C(F)(F)F)cc(C(F)(F)F)c2)C(=O)OC)C[C@@H]1C(C)C. The number of amides is 2. The Morgan fingerprint density at radius 2 is 1.47 bits per heavy atom. The Labute approximate surface area is 241 Å². The van der Waals surface area contributed by atoms with E-state index in [0.717, 1.165) is 29.0 Å². The summed E-state index contributed by atoms with van der Waals surface area (Å²) >= 11 is 0. The fraction of sp³-hybridized carbons (Fsp3) is 0.500. The van der Waals surface area contributed by atoms with Crippen LogP contribution in [0, 0.1) is 5.92 Å². The van der Waals surface area contributed by atoms with E-state index in [1.807, 2.05) is 0 Å². The molecule has 2 aromatic rings. The van der Waals surface area contributed by atoms with Crippen LogP contribution in [-0.2, 0) is 34.5 Å². The molecule has 0 N–H and O–H groups in total. The molecule has 0 unspecified atom stereocenters. The number of fused-ring (bicyclic) bond motifs is 1. The van der Waals surface area contributed by atoms with E-state index in [1.54, 1.807) is 20.8 Å². The molecule has 43 heavy (non-hydrogen) atoms. The molecule has 238 valence electrons. The van der Waals surface area contributed by atoms with Gasteiger partial charge in [0.2, 0.25) is 0 Å². The molecule has 0 spiro atoms. The van der Waals surface area contributed by atoms with Crippen molar-refractivity contribution in [1.82, 2.24) is 4.90 Å². The molecular formula is C28H29F9N2O4. The first-order chi connectivity index (χ1) is 19.8. The van der Waals surface area contributed by atoms with Crippen molar-refractivity contribution < 1.29 is 58.6 Å². The number of rotatable bonds is 6. The van der Waals surface area contributed by atoms with Gasteiger partial charge in [0.25, 0.3) is 0 Å². The van der Waals surface area contributed by atoms with Crippen molar-refractivity contribution >= 4 is 17.9 Å². The highest BCUT2D eigenvalue weighted by Gasteiger charge is 2.44. The van der Waals surface area contributed by atoms with Crippen molar-refractivity contribution in [1.29, 1.82) is 0 Å². The minimum Gasteiger partial charge on any atom is -0.453 e. The predicted molar refractivity (Wildman–Crippen MR) is 136 cm³/mol. The van der Waals surface area contributed by atoms with Gasteiger partial charge in [-0.3, -0.25) is 9.80 Å². The first-order valence-electron chi connectivity index (χ1n) is 13.1. The summed E-state index contributed by atoms with van der Waals surface area (Å²) in [6.45, 7) is 4.24. The molecule has 6 nitrogen and oxygen atoms in total. The molecule has 0 radical (unpaired) electrons. The number of hydrogen-bond acceptors (Lipinski definition) is 4. The smallest absolute Gasteiger partial charge is 0.416 e. The van der Waals surface area contributed by atoms with Crippen LogP contribution in [-0.4, -0.2) is 36.8 Å². The van der Waals surface area contributed by atoms with Gasteiger partial charge in [0.1, 0.15) is 0 Å². The molecule has 15 heteroatoms. The third kappa shape index (κ3) is 7.66. The second-order valence-corrected chi connectivity index (χ2v) is 10.3. The lowest BCUT2D eigenvalue weighted by atomic mass is 9.84. The summed E-state index contributed by atoms with van der Waals surface area (Å²) in [5.74, 6) is -0.378. The lowest BCUT2D eigenvalue weighted by Gasteiger charge is -2.45. The summed E-state index contributed by atoms with van der Waals surface area (Å²) in [6, 6.07) is 1.07. The van der Waals surface area contributed by atoms with Gasteiger partial charge < -0.3 is 9.47 Å². The average molecular weight is 629 g/mol. The van der Waals surface area contributed by atoms with Crippen LogP contribution >= 0.6 is 0 Å². The van der Waals surface area contributed by atoms with Gasteiger partial charge >= 0.3 is 30.7 Å². The molecule has 1 aliphatic rings. The van der Waals surface area contributed by atoms with Crippen LogP contribution in [0.4, 0.5) is 54.8 Å². The molecule has 2 amide bonds. The van der Waals surface area contributed by atoms with Crippen molar-refractivity contribution in [3.8, 4) is 0 Å². The van der Waals surface area contributed by atoms with Gasteiger partial charge in [-0.15, -0.1) is 0 Å². The maximum absolute atomic E-state index is 13.8. The molecule has 0 fully saturated rings. The second kappa shape index (κ2) is 12.5. The molecule has 0 aliphatic carbocycles. The van der Waals surface area contributed by atoms with E-state index in [-0.39, 0.29) is 36.3 Å². The topological polar surface area (TPSA) is 59.1 Å². The predicted octanol–water partition coefficient (Wildman–Crippen LogP) is 8.83. The molecule has 3 rings (SSSR count). The Hall–Kier alpha value is -3.65. The zero-order valence-electron chi connectivity index (χ0n) is 23.5. The summed E-state index contributed by atoms with van der Waals surface area (Å²) in [7, 11) is 0.910. The van der Waals surface area contributed by atoms with Gasteiger partial charge in [0.15, 0.2) is 0 Å².